The van der Waals surface area contributed by atoms with Crippen LogP contribution in [0.2, 0.25) is 0 Å². The fraction of sp³-hybridized carbons (Fsp3) is 0.294. The number of carbonyl (C=O) groups is 2. The van der Waals surface area contributed by atoms with Crippen molar-refractivity contribution in [3.8, 4) is 0 Å². The van der Waals surface area contributed by atoms with E-state index in [2.05, 4.69) is 4.90 Å². The number of furan rings is 1. The Morgan fingerprint density at radius 3 is 2.20 bits per heavy atom. The lowest BCUT2D eigenvalue weighted by atomic mass is 10.1. The van der Waals surface area contributed by atoms with Crippen LogP contribution in [0.1, 0.15) is 27.8 Å². The van der Waals surface area contributed by atoms with Gasteiger partial charge in [-0.25, -0.2) is 0 Å². The molecule has 0 saturated carbocycles. The minimum atomic E-state index is -0.667. The smallest absolute Gasteiger partial charge is 0.395 e. The molecule has 8 heteroatoms. The lowest BCUT2D eigenvalue weighted by Gasteiger charge is -2.35. The summed E-state index contributed by atoms with van der Waals surface area (Å²) in [4.78, 5) is 37.4. The van der Waals surface area contributed by atoms with Crippen LogP contribution in [0.3, 0.4) is 0 Å². The molecule has 2 aromatic rings. The number of rotatable bonds is 4. The highest BCUT2D eigenvalue weighted by molar-refractivity contribution is 5.94. The van der Waals surface area contributed by atoms with Crippen molar-refractivity contribution >= 4 is 23.3 Å². The summed E-state index contributed by atoms with van der Waals surface area (Å²) in [5.41, 5.74) is 1.66. The first-order chi connectivity index (χ1) is 12.0. The molecule has 2 heterocycles. The van der Waals surface area contributed by atoms with E-state index in [9.17, 15) is 19.7 Å². The zero-order valence-electron chi connectivity index (χ0n) is 13.7. The number of nitro groups is 1. The maximum Gasteiger partial charge on any atom is 0.433 e. The lowest BCUT2D eigenvalue weighted by molar-refractivity contribution is -0.402. The Morgan fingerprint density at radius 1 is 1.04 bits per heavy atom. The standard InChI is InChI=1S/C17H17N3O5/c1-12(21)13-2-4-14(5-3-13)18-8-10-19(11-9-18)17(22)15-6-7-16(25-15)20(23)24/h2-7H,8-11H2,1H3. The van der Waals surface area contributed by atoms with Crippen molar-refractivity contribution in [2.24, 2.45) is 0 Å². The summed E-state index contributed by atoms with van der Waals surface area (Å²) in [5.74, 6) is -0.785. The van der Waals surface area contributed by atoms with E-state index in [1.165, 1.54) is 19.1 Å². The van der Waals surface area contributed by atoms with Crippen LogP contribution in [0.4, 0.5) is 11.6 Å². The first-order valence-electron chi connectivity index (χ1n) is 7.85. The van der Waals surface area contributed by atoms with Gasteiger partial charge in [0.1, 0.15) is 4.92 Å². The van der Waals surface area contributed by atoms with Gasteiger partial charge in [0.05, 0.1) is 6.07 Å². The molecule has 0 aliphatic carbocycles. The fourth-order valence-electron chi connectivity index (χ4n) is 2.77. The Kier molecular flexibility index (Phi) is 4.51. The van der Waals surface area contributed by atoms with E-state index >= 15 is 0 Å². The van der Waals surface area contributed by atoms with Gasteiger partial charge in [-0.05, 0) is 37.3 Å². The molecule has 1 aromatic heterocycles. The maximum atomic E-state index is 12.4. The van der Waals surface area contributed by atoms with E-state index in [1.54, 1.807) is 17.0 Å². The van der Waals surface area contributed by atoms with Crippen LogP contribution in [-0.2, 0) is 0 Å². The number of ketones is 1. The predicted octanol–water partition coefficient (Wildman–Crippen LogP) is 2.35. The van der Waals surface area contributed by atoms with Gasteiger partial charge in [-0.2, -0.15) is 0 Å². The quantitative estimate of drug-likeness (QED) is 0.480. The van der Waals surface area contributed by atoms with Crippen LogP contribution < -0.4 is 4.90 Å². The normalized spacial score (nSPS) is 14.4. The highest BCUT2D eigenvalue weighted by atomic mass is 16.6. The van der Waals surface area contributed by atoms with E-state index in [4.69, 9.17) is 4.42 Å². The van der Waals surface area contributed by atoms with Crippen LogP contribution in [0.25, 0.3) is 0 Å². The zero-order chi connectivity index (χ0) is 18.0. The Morgan fingerprint density at radius 2 is 1.68 bits per heavy atom. The van der Waals surface area contributed by atoms with E-state index in [1.807, 2.05) is 12.1 Å². The van der Waals surface area contributed by atoms with Gasteiger partial charge < -0.3 is 14.2 Å². The molecular weight excluding hydrogens is 326 g/mol. The third kappa shape index (κ3) is 3.52. The number of hydrogen-bond acceptors (Lipinski definition) is 6. The van der Waals surface area contributed by atoms with Gasteiger partial charge in [0.15, 0.2) is 11.5 Å². The summed E-state index contributed by atoms with van der Waals surface area (Å²) in [7, 11) is 0. The van der Waals surface area contributed by atoms with Gasteiger partial charge in [-0.15, -0.1) is 0 Å². The van der Waals surface area contributed by atoms with Crippen molar-refractivity contribution < 1.29 is 18.9 Å². The molecule has 1 fully saturated rings. The van der Waals surface area contributed by atoms with E-state index in [0.29, 0.717) is 31.7 Å². The SMILES string of the molecule is CC(=O)c1ccc(N2CCN(C(=O)c3ccc([N+](=O)[O-])o3)CC2)cc1. The summed E-state index contributed by atoms with van der Waals surface area (Å²) in [6.45, 7) is 3.77. The highest BCUT2D eigenvalue weighted by Gasteiger charge is 2.26. The molecule has 8 nitrogen and oxygen atoms in total. The van der Waals surface area contributed by atoms with Gasteiger partial charge in [-0.3, -0.25) is 19.7 Å². The molecule has 0 spiro atoms. The highest BCUT2D eigenvalue weighted by Crippen LogP contribution is 2.20. The minimum Gasteiger partial charge on any atom is -0.395 e. The topological polar surface area (TPSA) is 96.9 Å². The molecule has 0 unspecified atom stereocenters. The molecule has 0 N–H and O–H groups in total. The lowest BCUT2D eigenvalue weighted by Crippen LogP contribution is -2.48. The summed E-state index contributed by atoms with van der Waals surface area (Å²) in [6, 6.07) is 9.87. The van der Waals surface area contributed by atoms with Crippen LogP contribution in [0.15, 0.2) is 40.8 Å². The van der Waals surface area contributed by atoms with E-state index in [-0.39, 0.29) is 17.5 Å². The van der Waals surface area contributed by atoms with Crippen LogP contribution in [-0.4, -0.2) is 47.7 Å². The largest absolute Gasteiger partial charge is 0.433 e. The zero-order valence-corrected chi connectivity index (χ0v) is 13.7. The third-order valence-corrected chi connectivity index (χ3v) is 4.19. The number of benzene rings is 1. The molecule has 1 aliphatic rings. The van der Waals surface area contributed by atoms with Crippen molar-refractivity contribution in [3.63, 3.8) is 0 Å². The van der Waals surface area contributed by atoms with Crippen molar-refractivity contribution in [1.82, 2.24) is 4.90 Å². The first-order valence-corrected chi connectivity index (χ1v) is 7.85. The monoisotopic (exact) mass is 343 g/mol. The van der Waals surface area contributed by atoms with Crippen LogP contribution in [0, 0.1) is 10.1 Å². The molecule has 25 heavy (non-hydrogen) atoms. The third-order valence-electron chi connectivity index (χ3n) is 4.19. The molecule has 0 radical (unpaired) electrons. The van der Waals surface area contributed by atoms with Crippen LogP contribution in [0.5, 0.6) is 0 Å². The number of hydrogen-bond donors (Lipinski definition) is 0. The molecular formula is C17H17N3O5. The van der Waals surface area contributed by atoms with Gasteiger partial charge >= 0.3 is 5.88 Å². The molecule has 1 saturated heterocycles. The Labute approximate surface area is 143 Å². The second kappa shape index (κ2) is 6.76. The second-order valence-electron chi connectivity index (χ2n) is 5.78. The van der Waals surface area contributed by atoms with Gasteiger partial charge in [-0.1, -0.05) is 0 Å². The number of Topliss-reactive ketones (excluding diaryl/α,β-unsaturated/α-hetero) is 1. The average molecular weight is 343 g/mol. The number of piperazine rings is 1. The maximum absolute atomic E-state index is 12.4. The molecule has 130 valence electrons. The number of nitrogens with zero attached hydrogens (tertiary/aromatic N) is 3. The van der Waals surface area contributed by atoms with Crippen molar-refractivity contribution in [2.75, 3.05) is 31.1 Å². The first kappa shape index (κ1) is 16.7. The predicted molar refractivity (Wildman–Crippen MR) is 89.9 cm³/mol. The summed E-state index contributed by atoms with van der Waals surface area (Å²) >= 11 is 0. The van der Waals surface area contributed by atoms with Crippen molar-refractivity contribution in [3.05, 3.63) is 57.8 Å². The fourth-order valence-corrected chi connectivity index (χ4v) is 2.77. The van der Waals surface area contributed by atoms with Gasteiger partial charge in [0, 0.05) is 37.4 Å². The molecule has 0 bridgehead atoms. The molecule has 1 aliphatic heterocycles. The van der Waals surface area contributed by atoms with E-state index < -0.39 is 10.8 Å². The van der Waals surface area contributed by atoms with Gasteiger partial charge in [0.25, 0.3) is 5.91 Å². The second-order valence-corrected chi connectivity index (χ2v) is 5.78. The number of anilines is 1. The Balaban J connectivity index is 1.61. The van der Waals surface area contributed by atoms with Crippen molar-refractivity contribution in [1.29, 1.82) is 0 Å². The molecule has 0 atom stereocenters. The molecule has 1 aromatic carbocycles. The Bertz CT molecular complexity index is 804. The summed E-state index contributed by atoms with van der Waals surface area (Å²) < 4.78 is 4.97. The van der Waals surface area contributed by atoms with Crippen LogP contribution >= 0.6 is 0 Å². The summed E-state index contributed by atoms with van der Waals surface area (Å²) in [6.07, 6.45) is 0. The number of amides is 1. The number of carbonyl (C=O) groups excluding carboxylic acids is 2. The molecule has 3 rings (SSSR count). The van der Waals surface area contributed by atoms with E-state index in [0.717, 1.165) is 5.69 Å². The van der Waals surface area contributed by atoms with Gasteiger partial charge in [0.2, 0.25) is 0 Å². The Hall–Kier alpha value is -3.16. The minimum absolute atomic E-state index is 0.0223. The summed E-state index contributed by atoms with van der Waals surface area (Å²) in [5, 5.41) is 10.6. The molecule has 1 amide bonds. The average Bonchev–Trinajstić information content (AvgIpc) is 3.12. The van der Waals surface area contributed by atoms with Crippen molar-refractivity contribution in [2.45, 2.75) is 6.92 Å².